The molecule has 2 atom stereocenters. The highest BCUT2D eigenvalue weighted by molar-refractivity contribution is 5.76. The van der Waals surface area contributed by atoms with Crippen molar-refractivity contribution in [2.45, 2.75) is 199 Å². The van der Waals surface area contributed by atoms with Gasteiger partial charge in [0.25, 0.3) is 0 Å². The molecule has 0 radical (unpaired) electrons. The van der Waals surface area contributed by atoms with Gasteiger partial charge in [-0.05, 0) is 64.2 Å². The minimum Gasteiger partial charge on any atom is -0.394 e. The maximum Gasteiger partial charge on any atom is 0.220 e. The Bertz CT molecular complexity index is 589. The molecule has 242 valence electrons. The molecule has 0 aliphatic carbocycles. The average Bonchev–Trinajstić information content (AvgIpc) is 2.97. The predicted octanol–water partition coefficient (Wildman–Crippen LogP) is 10.5. The number of carbonyl (C=O) groups is 1. The zero-order valence-corrected chi connectivity index (χ0v) is 27.6. The van der Waals surface area contributed by atoms with E-state index in [9.17, 15) is 15.0 Å². The summed E-state index contributed by atoms with van der Waals surface area (Å²) in [5.74, 6) is -0.0462. The van der Waals surface area contributed by atoms with Crippen LogP contribution in [0.3, 0.4) is 0 Å². The maximum atomic E-state index is 12.3. The summed E-state index contributed by atoms with van der Waals surface area (Å²) in [5, 5.41) is 22.9. The zero-order valence-electron chi connectivity index (χ0n) is 27.6. The summed E-state index contributed by atoms with van der Waals surface area (Å²) in [7, 11) is 0. The molecule has 0 unspecified atom stereocenters. The van der Waals surface area contributed by atoms with Crippen LogP contribution in [0, 0.1) is 0 Å². The fourth-order valence-corrected chi connectivity index (χ4v) is 5.35. The molecule has 1 amide bonds. The van der Waals surface area contributed by atoms with E-state index in [1.807, 2.05) is 0 Å². The Kier molecular flexibility index (Phi) is 32.5. The summed E-state index contributed by atoms with van der Waals surface area (Å²) in [6, 6.07) is -0.549. The molecule has 0 rings (SSSR count). The van der Waals surface area contributed by atoms with E-state index < -0.39 is 12.1 Å². The third-order valence-electron chi connectivity index (χ3n) is 8.18. The van der Waals surface area contributed by atoms with Gasteiger partial charge in [0.05, 0.1) is 18.8 Å². The van der Waals surface area contributed by atoms with Crippen molar-refractivity contribution in [3.63, 3.8) is 0 Å². The fourth-order valence-electron chi connectivity index (χ4n) is 5.35. The number of amides is 1. The van der Waals surface area contributed by atoms with Crippen LogP contribution in [0.1, 0.15) is 187 Å². The predicted molar refractivity (Wildman–Crippen MR) is 179 cm³/mol. The number of hydrogen-bond acceptors (Lipinski definition) is 3. The first-order valence-electron chi connectivity index (χ1n) is 18.0. The van der Waals surface area contributed by atoms with Gasteiger partial charge < -0.3 is 15.5 Å². The maximum absolute atomic E-state index is 12.3. The summed E-state index contributed by atoms with van der Waals surface area (Å²) in [6.07, 6.45) is 40.9. The molecular formula is C37H71NO3. The lowest BCUT2D eigenvalue weighted by atomic mass is 10.0. The Balaban J connectivity index is 3.56. The van der Waals surface area contributed by atoms with Gasteiger partial charge in [0.15, 0.2) is 0 Å². The second-order valence-corrected chi connectivity index (χ2v) is 12.3. The summed E-state index contributed by atoms with van der Waals surface area (Å²) in [6.45, 7) is 4.30. The lowest BCUT2D eigenvalue weighted by Gasteiger charge is -2.22. The molecular weight excluding hydrogens is 506 g/mol. The van der Waals surface area contributed by atoms with Gasteiger partial charge in [0.2, 0.25) is 5.91 Å². The molecule has 0 aromatic rings. The standard InChI is InChI=1S/C37H71NO3/c1-3-5-7-9-11-13-15-16-17-18-19-20-21-22-23-25-27-29-31-33-37(41)38-35(34-39)36(40)32-30-28-26-24-14-12-10-8-6-4-2/h14,16-17,24,35-36,39-40H,3-13,15,18-23,25-34H2,1-2H3,(H,38,41)/b17-16+,24-14+/t35-,36+/m0/s1. The van der Waals surface area contributed by atoms with Crippen molar-refractivity contribution in [3.05, 3.63) is 24.3 Å². The average molecular weight is 578 g/mol. The van der Waals surface area contributed by atoms with E-state index in [0.717, 1.165) is 32.1 Å². The second kappa shape index (κ2) is 33.4. The number of carbonyl (C=O) groups excluding carboxylic acids is 1. The number of rotatable bonds is 32. The third kappa shape index (κ3) is 30.1. The highest BCUT2D eigenvalue weighted by Gasteiger charge is 2.19. The third-order valence-corrected chi connectivity index (χ3v) is 8.18. The molecule has 0 fully saturated rings. The van der Waals surface area contributed by atoms with Crippen LogP contribution in [0.15, 0.2) is 24.3 Å². The Labute approximate surface area is 256 Å². The van der Waals surface area contributed by atoms with Gasteiger partial charge in [0.1, 0.15) is 0 Å². The van der Waals surface area contributed by atoms with E-state index in [4.69, 9.17) is 0 Å². The Hall–Kier alpha value is -1.13. The first-order chi connectivity index (χ1) is 20.2. The van der Waals surface area contributed by atoms with Crippen LogP contribution in [0.4, 0.5) is 0 Å². The van der Waals surface area contributed by atoms with Crippen molar-refractivity contribution in [2.75, 3.05) is 6.61 Å². The normalized spacial score (nSPS) is 13.4. The lowest BCUT2D eigenvalue weighted by Crippen LogP contribution is -2.45. The van der Waals surface area contributed by atoms with Gasteiger partial charge in [-0.2, -0.15) is 0 Å². The van der Waals surface area contributed by atoms with Crippen LogP contribution in [0.25, 0.3) is 0 Å². The van der Waals surface area contributed by atoms with Crippen molar-refractivity contribution in [1.29, 1.82) is 0 Å². The largest absolute Gasteiger partial charge is 0.394 e. The van der Waals surface area contributed by atoms with Crippen molar-refractivity contribution in [3.8, 4) is 0 Å². The van der Waals surface area contributed by atoms with Gasteiger partial charge in [0, 0.05) is 6.42 Å². The summed E-state index contributed by atoms with van der Waals surface area (Å²) in [5.41, 5.74) is 0. The minimum absolute atomic E-state index is 0.0462. The van der Waals surface area contributed by atoms with E-state index in [-0.39, 0.29) is 12.5 Å². The van der Waals surface area contributed by atoms with Gasteiger partial charge in [-0.25, -0.2) is 0 Å². The van der Waals surface area contributed by atoms with Gasteiger partial charge >= 0.3 is 0 Å². The molecule has 0 spiro atoms. The summed E-state index contributed by atoms with van der Waals surface area (Å²) >= 11 is 0. The molecule has 0 saturated heterocycles. The molecule has 0 aliphatic rings. The zero-order chi connectivity index (χ0) is 30.1. The van der Waals surface area contributed by atoms with E-state index in [1.54, 1.807) is 0 Å². The molecule has 0 bridgehead atoms. The topological polar surface area (TPSA) is 69.6 Å². The van der Waals surface area contributed by atoms with Crippen LogP contribution in [-0.2, 0) is 4.79 Å². The highest BCUT2D eigenvalue weighted by atomic mass is 16.3. The molecule has 0 aromatic heterocycles. The quantitative estimate of drug-likeness (QED) is 0.0550. The number of hydrogen-bond donors (Lipinski definition) is 3. The highest BCUT2D eigenvalue weighted by Crippen LogP contribution is 2.13. The molecule has 0 heterocycles. The number of nitrogens with one attached hydrogen (secondary N) is 1. The van der Waals surface area contributed by atoms with Crippen molar-refractivity contribution in [1.82, 2.24) is 5.32 Å². The van der Waals surface area contributed by atoms with Crippen LogP contribution >= 0.6 is 0 Å². The van der Waals surface area contributed by atoms with E-state index in [1.165, 1.54) is 128 Å². The Morgan fingerprint density at radius 2 is 0.927 bits per heavy atom. The van der Waals surface area contributed by atoms with Crippen LogP contribution in [0.5, 0.6) is 0 Å². The smallest absolute Gasteiger partial charge is 0.220 e. The van der Waals surface area contributed by atoms with Gasteiger partial charge in [-0.15, -0.1) is 0 Å². The van der Waals surface area contributed by atoms with Gasteiger partial charge in [-0.1, -0.05) is 141 Å². The molecule has 0 aliphatic heterocycles. The number of aliphatic hydroxyl groups is 2. The number of allylic oxidation sites excluding steroid dienone is 4. The monoisotopic (exact) mass is 578 g/mol. The van der Waals surface area contributed by atoms with Crippen LogP contribution in [-0.4, -0.2) is 34.9 Å². The Morgan fingerprint density at radius 3 is 1.37 bits per heavy atom. The second-order valence-electron chi connectivity index (χ2n) is 12.3. The van der Waals surface area contributed by atoms with E-state index >= 15 is 0 Å². The number of unbranched alkanes of at least 4 members (excludes halogenated alkanes) is 21. The molecule has 41 heavy (non-hydrogen) atoms. The molecule has 0 saturated carbocycles. The van der Waals surface area contributed by atoms with Crippen LogP contribution in [0.2, 0.25) is 0 Å². The Morgan fingerprint density at radius 1 is 0.561 bits per heavy atom. The van der Waals surface area contributed by atoms with Crippen LogP contribution < -0.4 is 5.32 Å². The van der Waals surface area contributed by atoms with E-state index in [2.05, 4.69) is 43.5 Å². The summed E-state index contributed by atoms with van der Waals surface area (Å²) < 4.78 is 0. The molecule has 3 N–H and O–H groups in total. The minimum atomic E-state index is -0.678. The molecule has 4 nitrogen and oxygen atoms in total. The fraction of sp³-hybridized carbons (Fsp3) is 0.865. The van der Waals surface area contributed by atoms with Crippen molar-refractivity contribution < 1.29 is 15.0 Å². The lowest BCUT2D eigenvalue weighted by molar-refractivity contribution is -0.123. The first kappa shape index (κ1) is 39.9. The van der Waals surface area contributed by atoms with Crippen molar-refractivity contribution >= 4 is 5.91 Å². The number of aliphatic hydroxyl groups excluding tert-OH is 2. The van der Waals surface area contributed by atoms with Gasteiger partial charge in [-0.3, -0.25) is 4.79 Å². The first-order valence-corrected chi connectivity index (χ1v) is 18.0. The SMILES string of the molecule is CCCCCC/C=C/CCCC[C@@H](O)[C@H](CO)NC(=O)CCCCCCCCCCC/C=C/CCCCCCCC. The summed E-state index contributed by atoms with van der Waals surface area (Å²) in [4.78, 5) is 12.3. The van der Waals surface area contributed by atoms with E-state index in [0.29, 0.717) is 12.8 Å². The molecule has 4 heteroatoms. The molecule has 0 aromatic carbocycles. The van der Waals surface area contributed by atoms with Crippen molar-refractivity contribution in [2.24, 2.45) is 0 Å².